The largest absolute Gasteiger partial charge is 0.344 e. The summed E-state index contributed by atoms with van der Waals surface area (Å²) in [6.07, 6.45) is 1.29. The van der Waals surface area contributed by atoms with Crippen molar-refractivity contribution in [1.82, 2.24) is 35.0 Å². The van der Waals surface area contributed by atoms with E-state index in [1.807, 2.05) is 41.7 Å². The van der Waals surface area contributed by atoms with Gasteiger partial charge in [0, 0.05) is 49.9 Å². The van der Waals surface area contributed by atoms with Gasteiger partial charge in [0.25, 0.3) is 0 Å². The fourth-order valence-electron chi connectivity index (χ4n) is 9.01. The summed E-state index contributed by atoms with van der Waals surface area (Å²) < 4.78 is 48.8. The number of alkyl halides is 1. The Morgan fingerprint density at radius 1 is 0.948 bits per heavy atom. The quantitative estimate of drug-likeness (QED) is 0.136. The fourth-order valence-corrected chi connectivity index (χ4v) is 9.01. The second-order valence-corrected chi connectivity index (χ2v) is 16.7. The van der Waals surface area contributed by atoms with Gasteiger partial charge in [-0.1, -0.05) is 27.7 Å². The summed E-state index contributed by atoms with van der Waals surface area (Å²) in [5.41, 5.74) is 2.07. The molecule has 4 heterocycles. The third-order valence-electron chi connectivity index (χ3n) is 13.0. The molecule has 0 unspecified atom stereocenters. The number of rotatable bonds is 16. The number of aromatic amines is 1. The van der Waals surface area contributed by atoms with Gasteiger partial charge in [-0.25, -0.2) is 27.7 Å². The first-order valence-electron chi connectivity index (χ1n) is 20.9. The lowest BCUT2D eigenvalue weighted by molar-refractivity contribution is -0.665. The number of carbonyl (C=O) groups excluding carboxylic acids is 4. The van der Waals surface area contributed by atoms with E-state index in [-0.39, 0.29) is 67.3 Å². The van der Waals surface area contributed by atoms with Crippen LogP contribution in [0.4, 0.5) is 13.2 Å². The highest BCUT2D eigenvalue weighted by Crippen LogP contribution is 2.50. The summed E-state index contributed by atoms with van der Waals surface area (Å²) >= 11 is 0. The van der Waals surface area contributed by atoms with Gasteiger partial charge in [-0.3, -0.25) is 19.2 Å². The number of likely N-dealkylation sites (tertiary alicyclic amines) is 2. The van der Waals surface area contributed by atoms with Crippen molar-refractivity contribution in [3.63, 3.8) is 0 Å². The van der Waals surface area contributed by atoms with Crippen molar-refractivity contribution in [2.45, 2.75) is 117 Å². The molecule has 1 aliphatic carbocycles. The standard InChI is InChI=1S/C43H55F3N8O4/c1-7-23(4)41(56)50-32(9-3)43(58)54-19-26-14-31(26)37(54)22-53-36-13-11-28(45)18-34(36)49-40(53)39-48-33-17-27(44)10-12-35(33)52(39)21-30-16-29(46)20-51(30)42(57)25(8-2)15-38(55)24(5)47-6/h10-13,17-18,23-26,29-32,37,47H,7-9,14-16,19-22H2,1-6H3,(H,50,56)/p+1/t23-,24+,25-,26+,29+,30+,31+,32+,37-/m1/s1. The van der Waals surface area contributed by atoms with Crippen molar-refractivity contribution in [2.75, 3.05) is 20.1 Å². The van der Waals surface area contributed by atoms with Crippen molar-refractivity contribution >= 4 is 45.6 Å². The van der Waals surface area contributed by atoms with E-state index < -0.39 is 41.8 Å². The predicted octanol–water partition coefficient (Wildman–Crippen LogP) is 5.07. The van der Waals surface area contributed by atoms with E-state index in [4.69, 9.17) is 4.98 Å². The molecular formula is C43H56F3N8O4+. The molecule has 7 rings (SSSR count). The molecule has 312 valence electrons. The summed E-state index contributed by atoms with van der Waals surface area (Å²) in [4.78, 5) is 65.8. The lowest BCUT2D eigenvalue weighted by Crippen LogP contribution is -2.55. The van der Waals surface area contributed by atoms with E-state index in [1.54, 1.807) is 31.0 Å². The molecule has 0 bridgehead atoms. The Labute approximate surface area is 336 Å². The molecule has 58 heavy (non-hydrogen) atoms. The first-order valence-corrected chi connectivity index (χ1v) is 20.9. The zero-order chi connectivity index (χ0) is 41.6. The van der Waals surface area contributed by atoms with Gasteiger partial charge in [-0.05, 0) is 75.8 Å². The Balaban J connectivity index is 1.26. The van der Waals surface area contributed by atoms with Gasteiger partial charge >= 0.3 is 5.82 Å². The van der Waals surface area contributed by atoms with Gasteiger partial charge in [0.1, 0.15) is 36.2 Å². The van der Waals surface area contributed by atoms with E-state index in [2.05, 4.69) is 15.6 Å². The monoisotopic (exact) mass is 805 g/mol. The van der Waals surface area contributed by atoms with Crippen LogP contribution in [0.5, 0.6) is 0 Å². The number of nitrogens with zero attached hydrogens (tertiary/aromatic N) is 5. The topological polar surface area (TPSA) is 136 Å². The van der Waals surface area contributed by atoms with Gasteiger partial charge in [0.2, 0.25) is 23.5 Å². The van der Waals surface area contributed by atoms with E-state index in [0.717, 1.165) is 6.42 Å². The Morgan fingerprint density at radius 3 is 2.40 bits per heavy atom. The average Bonchev–Trinajstić information content (AvgIpc) is 3.43. The first kappa shape index (κ1) is 41.4. The number of hydrogen-bond donors (Lipinski definition) is 3. The number of H-pyrrole nitrogens is 1. The second kappa shape index (κ2) is 16.8. The second-order valence-electron chi connectivity index (χ2n) is 16.7. The molecule has 2 aromatic heterocycles. The number of halogens is 3. The summed E-state index contributed by atoms with van der Waals surface area (Å²) in [6.45, 7) is 10.2. The van der Waals surface area contributed by atoms with Crippen molar-refractivity contribution in [1.29, 1.82) is 0 Å². The number of hydrogen-bond acceptors (Lipinski definition) is 6. The number of piperidine rings is 1. The van der Waals surface area contributed by atoms with Gasteiger partial charge in [-0.2, -0.15) is 0 Å². The van der Waals surface area contributed by atoms with Crippen molar-refractivity contribution in [2.24, 2.45) is 23.7 Å². The predicted molar refractivity (Wildman–Crippen MR) is 213 cm³/mol. The van der Waals surface area contributed by atoms with Gasteiger partial charge in [0.05, 0.1) is 35.7 Å². The van der Waals surface area contributed by atoms with Crippen LogP contribution in [-0.2, 0) is 32.3 Å². The summed E-state index contributed by atoms with van der Waals surface area (Å²) in [7, 11) is 1.69. The molecule has 0 radical (unpaired) electrons. The van der Waals surface area contributed by atoms with Crippen LogP contribution in [0.2, 0.25) is 0 Å². The molecular weight excluding hydrogens is 750 g/mol. The van der Waals surface area contributed by atoms with E-state index >= 15 is 4.39 Å². The molecule has 0 spiro atoms. The molecule has 15 heteroatoms. The molecule has 4 aromatic rings. The third kappa shape index (κ3) is 7.98. The maximum atomic E-state index is 15.4. The molecule has 3 fully saturated rings. The number of ketones is 1. The van der Waals surface area contributed by atoms with Crippen LogP contribution in [0.15, 0.2) is 36.4 Å². The molecule has 9 atom stereocenters. The number of benzene rings is 2. The Hall–Kier alpha value is -4.79. The van der Waals surface area contributed by atoms with Crippen LogP contribution < -0.4 is 15.2 Å². The van der Waals surface area contributed by atoms with Crippen molar-refractivity contribution in [3.05, 3.63) is 48.0 Å². The number of aromatic nitrogens is 4. The molecule has 3 N–H and O–H groups in total. The van der Waals surface area contributed by atoms with E-state index in [0.29, 0.717) is 72.0 Å². The minimum absolute atomic E-state index is 0.0352. The Morgan fingerprint density at radius 2 is 1.69 bits per heavy atom. The van der Waals surface area contributed by atoms with Crippen LogP contribution in [0.3, 0.4) is 0 Å². The number of likely N-dealkylation sites (N-methyl/N-ethyl adjacent to an activating group) is 1. The molecule has 3 aliphatic rings. The van der Waals surface area contributed by atoms with Crippen LogP contribution in [0.25, 0.3) is 33.7 Å². The SMILES string of the molecule is CC[C@H](CC(=O)[C@H](C)NC)C(=O)N1C[C@@H](F)C[C@H]1Cn1c(-c2[nH]c3cc(F)ccc3[n+]2C[C@@H]2[C@H]3C[C@H]3CN2C(=O)[C@H](CC)NC(=O)[C@H](C)CC)nc2cc(F)ccc21. The smallest absolute Gasteiger partial charge is 0.324 e. The summed E-state index contributed by atoms with van der Waals surface area (Å²) in [5.74, 6) is -1.02. The van der Waals surface area contributed by atoms with E-state index in [9.17, 15) is 28.0 Å². The maximum Gasteiger partial charge on any atom is 0.324 e. The van der Waals surface area contributed by atoms with Crippen LogP contribution in [0.1, 0.15) is 73.1 Å². The molecule has 12 nitrogen and oxygen atoms in total. The molecule has 2 aliphatic heterocycles. The van der Waals surface area contributed by atoms with Crippen LogP contribution >= 0.6 is 0 Å². The lowest BCUT2D eigenvalue weighted by Gasteiger charge is -2.31. The highest BCUT2D eigenvalue weighted by Gasteiger charge is 2.56. The average molecular weight is 806 g/mol. The number of amides is 3. The Kier molecular flexibility index (Phi) is 12.0. The lowest BCUT2D eigenvalue weighted by atomic mass is 9.95. The van der Waals surface area contributed by atoms with Gasteiger partial charge < -0.3 is 25.0 Å². The van der Waals surface area contributed by atoms with Gasteiger partial charge in [0.15, 0.2) is 11.0 Å². The number of fused-ring (bicyclic) bond motifs is 3. The number of carbonyl (C=O) groups is 4. The molecule has 2 aromatic carbocycles. The minimum Gasteiger partial charge on any atom is -0.344 e. The molecule has 2 saturated heterocycles. The normalized spacial score (nSPS) is 23.6. The zero-order valence-electron chi connectivity index (χ0n) is 34.2. The minimum atomic E-state index is -1.28. The number of Topliss-reactive ketones (excluding diaryl/α,β-unsaturated/α-hetero) is 1. The first-order chi connectivity index (χ1) is 27.8. The highest BCUT2D eigenvalue weighted by atomic mass is 19.1. The third-order valence-corrected chi connectivity index (χ3v) is 13.0. The Bertz CT molecular complexity index is 2210. The van der Waals surface area contributed by atoms with Crippen molar-refractivity contribution in [3.8, 4) is 11.6 Å². The van der Waals surface area contributed by atoms with Crippen LogP contribution in [-0.4, -0.2) is 98.3 Å². The number of imidazole rings is 2. The highest BCUT2D eigenvalue weighted by molar-refractivity contribution is 5.90. The zero-order valence-corrected chi connectivity index (χ0v) is 34.2. The summed E-state index contributed by atoms with van der Waals surface area (Å²) in [5, 5.41) is 5.91. The van der Waals surface area contributed by atoms with Gasteiger partial charge in [-0.15, -0.1) is 0 Å². The molecule has 1 saturated carbocycles. The number of nitrogens with one attached hydrogen (secondary N) is 3. The summed E-state index contributed by atoms with van der Waals surface area (Å²) in [6, 6.07) is 6.78. The van der Waals surface area contributed by atoms with Crippen molar-refractivity contribution < 1.29 is 36.9 Å². The van der Waals surface area contributed by atoms with E-state index in [1.165, 1.54) is 24.3 Å². The fraction of sp³-hybridized carbons (Fsp3) is 0.581. The maximum absolute atomic E-state index is 15.4. The molecule has 3 amide bonds. The van der Waals surface area contributed by atoms with Crippen LogP contribution in [0, 0.1) is 35.3 Å².